The van der Waals surface area contributed by atoms with Crippen LogP contribution in [0.15, 0.2) is 24.3 Å². The lowest BCUT2D eigenvalue weighted by molar-refractivity contribution is 0.0515. The Morgan fingerprint density at radius 2 is 2.19 bits per heavy atom. The summed E-state index contributed by atoms with van der Waals surface area (Å²) in [5.41, 5.74) is 3.97. The van der Waals surface area contributed by atoms with E-state index in [9.17, 15) is 4.79 Å². The van der Waals surface area contributed by atoms with Crippen LogP contribution in [-0.2, 0) is 30.8 Å². The molecule has 2 aromatic rings. The quantitative estimate of drug-likeness (QED) is 0.702. The largest absolute Gasteiger partial charge is 0.497 e. The average Bonchev–Trinajstić information content (AvgIpc) is 3.42. The van der Waals surface area contributed by atoms with Gasteiger partial charge in [-0.25, -0.2) is 4.79 Å². The summed E-state index contributed by atoms with van der Waals surface area (Å²) in [6, 6.07) is 8.15. The summed E-state index contributed by atoms with van der Waals surface area (Å²) < 4.78 is 12.7. The van der Waals surface area contributed by atoms with Crippen LogP contribution >= 0.6 is 0 Å². The van der Waals surface area contributed by atoms with Gasteiger partial charge in [-0.1, -0.05) is 12.1 Å². The van der Waals surface area contributed by atoms with Gasteiger partial charge in [0.05, 0.1) is 13.7 Å². The molecule has 0 atom stereocenters. The van der Waals surface area contributed by atoms with E-state index in [2.05, 4.69) is 26.8 Å². The van der Waals surface area contributed by atoms with Gasteiger partial charge in [-0.05, 0) is 43.4 Å². The van der Waals surface area contributed by atoms with E-state index in [0.29, 0.717) is 12.3 Å². The standard InChI is InChI=1S/C21H27N3O3/c1-3-27-21(25)20-18-14-23(12-16-5-4-6-17(11-16)26-2)10-9-19(18)24(22-20)13-15-7-8-15/h4-6,11,15H,3,7-10,12-14H2,1-2H3. The van der Waals surface area contributed by atoms with E-state index in [1.54, 1.807) is 7.11 Å². The number of esters is 1. The van der Waals surface area contributed by atoms with Crippen molar-refractivity contribution in [1.29, 1.82) is 0 Å². The molecule has 6 heteroatoms. The number of aromatic nitrogens is 2. The molecular weight excluding hydrogens is 342 g/mol. The average molecular weight is 369 g/mol. The predicted molar refractivity (Wildman–Crippen MR) is 102 cm³/mol. The zero-order valence-corrected chi connectivity index (χ0v) is 16.1. The van der Waals surface area contributed by atoms with Crippen LogP contribution in [0.2, 0.25) is 0 Å². The van der Waals surface area contributed by atoms with Gasteiger partial charge in [-0.15, -0.1) is 0 Å². The lowest BCUT2D eigenvalue weighted by Crippen LogP contribution is -2.31. The number of fused-ring (bicyclic) bond motifs is 1. The number of nitrogens with zero attached hydrogens (tertiary/aromatic N) is 3. The maximum absolute atomic E-state index is 12.4. The highest BCUT2D eigenvalue weighted by Gasteiger charge is 2.31. The smallest absolute Gasteiger partial charge is 0.359 e. The first kappa shape index (κ1) is 18.0. The van der Waals surface area contributed by atoms with Crippen molar-refractivity contribution in [3.8, 4) is 5.75 Å². The molecule has 2 aliphatic rings. The molecule has 0 saturated heterocycles. The lowest BCUT2D eigenvalue weighted by atomic mass is 10.0. The summed E-state index contributed by atoms with van der Waals surface area (Å²) in [7, 11) is 1.69. The Morgan fingerprint density at radius 1 is 1.33 bits per heavy atom. The number of hydrogen-bond donors (Lipinski definition) is 0. The molecule has 0 unspecified atom stereocenters. The molecule has 1 aromatic heterocycles. The van der Waals surface area contributed by atoms with Crippen molar-refractivity contribution in [3.05, 3.63) is 46.8 Å². The third-order valence-corrected chi connectivity index (χ3v) is 5.35. The Labute approximate surface area is 160 Å². The SMILES string of the molecule is CCOC(=O)c1nn(CC2CC2)c2c1CN(Cc1cccc(OC)c1)CC2. The van der Waals surface area contributed by atoms with E-state index in [-0.39, 0.29) is 5.97 Å². The van der Waals surface area contributed by atoms with Crippen molar-refractivity contribution in [3.63, 3.8) is 0 Å². The van der Waals surface area contributed by atoms with Crippen molar-refractivity contribution in [1.82, 2.24) is 14.7 Å². The highest BCUT2D eigenvalue weighted by Crippen LogP contribution is 2.33. The van der Waals surface area contributed by atoms with Crippen molar-refractivity contribution in [2.24, 2.45) is 5.92 Å². The van der Waals surface area contributed by atoms with Crippen molar-refractivity contribution in [2.45, 2.75) is 45.8 Å². The number of rotatable bonds is 7. The highest BCUT2D eigenvalue weighted by atomic mass is 16.5. The van der Waals surface area contributed by atoms with E-state index in [0.717, 1.165) is 49.8 Å². The summed E-state index contributed by atoms with van der Waals surface area (Å²) in [6.07, 6.45) is 3.45. The summed E-state index contributed by atoms with van der Waals surface area (Å²) in [6.45, 7) is 5.65. The molecule has 1 aliphatic carbocycles. The van der Waals surface area contributed by atoms with Crippen LogP contribution in [0.3, 0.4) is 0 Å². The minimum atomic E-state index is -0.300. The molecule has 1 fully saturated rings. The molecule has 0 amide bonds. The van der Waals surface area contributed by atoms with E-state index < -0.39 is 0 Å². The zero-order chi connectivity index (χ0) is 18.8. The second-order valence-electron chi connectivity index (χ2n) is 7.43. The highest BCUT2D eigenvalue weighted by molar-refractivity contribution is 5.89. The molecule has 27 heavy (non-hydrogen) atoms. The summed E-state index contributed by atoms with van der Waals surface area (Å²) >= 11 is 0. The maximum atomic E-state index is 12.4. The summed E-state index contributed by atoms with van der Waals surface area (Å²) in [5.74, 6) is 1.29. The number of hydrogen-bond acceptors (Lipinski definition) is 5. The third kappa shape index (κ3) is 4.00. The minimum absolute atomic E-state index is 0.300. The molecule has 6 nitrogen and oxygen atoms in total. The van der Waals surface area contributed by atoms with Crippen LogP contribution in [0.1, 0.15) is 47.1 Å². The van der Waals surface area contributed by atoms with Gasteiger partial charge in [-0.3, -0.25) is 9.58 Å². The first-order valence-corrected chi connectivity index (χ1v) is 9.79. The monoisotopic (exact) mass is 369 g/mol. The molecule has 1 aliphatic heterocycles. The van der Waals surface area contributed by atoms with Gasteiger partial charge in [0, 0.05) is 43.9 Å². The minimum Gasteiger partial charge on any atom is -0.497 e. The van der Waals surface area contributed by atoms with E-state index in [1.807, 2.05) is 19.1 Å². The van der Waals surface area contributed by atoms with Gasteiger partial charge in [0.25, 0.3) is 0 Å². The molecule has 144 valence electrons. The lowest BCUT2D eigenvalue weighted by Gasteiger charge is -2.27. The number of ether oxygens (including phenoxy) is 2. The normalized spacial score (nSPS) is 16.8. The van der Waals surface area contributed by atoms with Gasteiger partial charge in [0.2, 0.25) is 0 Å². The maximum Gasteiger partial charge on any atom is 0.359 e. The fourth-order valence-corrected chi connectivity index (χ4v) is 3.77. The molecule has 0 bridgehead atoms. The second kappa shape index (κ2) is 7.72. The van der Waals surface area contributed by atoms with Gasteiger partial charge < -0.3 is 9.47 Å². The molecule has 2 heterocycles. The van der Waals surface area contributed by atoms with E-state index in [4.69, 9.17) is 9.47 Å². The summed E-state index contributed by atoms with van der Waals surface area (Å²) in [5, 5.41) is 4.65. The molecular formula is C21H27N3O3. The predicted octanol–water partition coefficient (Wildman–Crippen LogP) is 3.04. The Morgan fingerprint density at radius 3 is 2.93 bits per heavy atom. The fraction of sp³-hybridized carbons (Fsp3) is 0.524. The molecule has 1 aromatic carbocycles. The van der Waals surface area contributed by atoms with Gasteiger partial charge in [-0.2, -0.15) is 5.10 Å². The van der Waals surface area contributed by atoms with Crippen LogP contribution in [0.5, 0.6) is 5.75 Å². The fourth-order valence-electron chi connectivity index (χ4n) is 3.77. The number of carbonyl (C=O) groups excluding carboxylic acids is 1. The Hall–Kier alpha value is -2.34. The van der Waals surface area contributed by atoms with Gasteiger partial charge >= 0.3 is 5.97 Å². The van der Waals surface area contributed by atoms with Crippen molar-refractivity contribution >= 4 is 5.97 Å². The zero-order valence-electron chi connectivity index (χ0n) is 16.1. The number of benzene rings is 1. The number of methoxy groups -OCH3 is 1. The van der Waals surface area contributed by atoms with Crippen molar-refractivity contribution < 1.29 is 14.3 Å². The first-order chi connectivity index (χ1) is 13.2. The summed E-state index contributed by atoms with van der Waals surface area (Å²) in [4.78, 5) is 14.8. The Balaban J connectivity index is 1.56. The molecule has 4 rings (SSSR count). The van der Waals surface area contributed by atoms with E-state index >= 15 is 0 Å². The van der Waals surface area contributed by atoms with E-state index in [1.165, 1.54) is 24.1 Å². The van der Waals surface area contributed by atoms with Crippen molar-refractivity contribution in [2.75, 3.05) is 20.3 Å². The molecule has 0 radical (unpaired) electrons. The van der Waals surface area contributed by atoms with Crippen LogP contribution in [0, 0.1) is 5.92 Å². The van der Waals surface area contributed by atoms with Crippen LogP contribution in [0.25, 0.3) is 0 Å². The Kier molecular flexibility index (Phi) is 5.16. The Bertz CT molecular complexity index is 826. The molecule has 1 saturated carbocycles. The first-order valence-electron chi connectivity index (χ1n) is 9.79. The van der Waals surface area contributed by atoms with Crippen LogP contribution < -0.4 is 4.74 Å². The topological polar surface area (TPSA) is 56.6 Å². The number of carbonyl (C=O) groups is 1. The van der Waals surface area contributed by atoms with Crippen LogP contribution in [-0.4, -0.2) is 40.9 Å². The molecule has 0 spiro atoms. The van der Waals surface area contributed by atoms with Gasteiger partial charge in [0.1, 0.15) is 5.75 Å². The second-order valence-corrected chi connectivity index (χ2v) is 7.43. The van der Waals surface area contributed by atoms with Gasteiger partial charge in [0.15, 0.2) is 5.69 Å². The van der Waals surface area contributed by atoms with Crippen LogP contribution in [0.4, 0.5) is 0 Å². The molecule has 0 N–H and O–H groups in total. The third-order valence-electron chi connectivity index (χ3n) is 5.35.